The van der Waals surface area contributed by atoms with Crippen molar-refractivity contribution in [1.82, 2.24) is 30.0 Å². The minimum atomic E-state index is 0.475. The molecule has 0 aliphatic carbocycles. The van der Waals surface area contributed by atoms with Gasteiger partial charge in [0.15, 0.2) is 10.8 Å². The van der Waals surface area contributed by atoms with Crippen LogP contribution in [0.2, 0.25) is 0 Å². The number of aryl methyl sites for hydroxylation is 1. The Morgan fingerprint density at radius 2 is 1.97 bits per heavy atom. The second kappa shape index (κ2) is 8.79. The summed E-state index contributed by atoms with van der Waals surface area (Å²) in [5.74, 6) is 0.602. The molecule has 4 rings (SSSR count). The van der Waals surface area contributed by atoms with E-state index in [1.54, 1.807) is 18.5 Å². The van der Waals surface area contributed by atoms with Gasteiger partial charge in [0.1, 0.15) is 11.3 Å². The quantitative estimate of drug-likeness (QED) is 0.367. The number of benzene rings is 1. The topological polar surface area (TPSA) is 80.5 Å². The lowest BCUT2D eigenvalue weighted by atomic mass is 10.1. The van der Waals surface area contributed by atoms with Crippen molar-refractivity contribution >= 4 is 34.3 Å². The molecule has 0 aliphatic heterocycles. The largest absolute Gasteiger partial charge is 0.359 e. The molecule has 0 saturated carbocycles. The van der Waals surface area contributed by atoms with Crippen LogP contribution in [-0.4, -0.2) is 36.4 Å². The fourth-order valence-electron chi connectivity index (χ4n) is 2.89. The van der Waals surface area contributed by atoms with Crippen molar-refractivity contribution in [2.24, 2.45) is 0 Å². The summed E-state index contributed by atoms with van der Waals surface area (Å²) in [6.07, 6.45) is 7.23. The molecule has 7 nitrogen and oxygen atoms in total. The van der Waals surface area contributed by atoms with Gasteiger partial charge in [0.25, 0.3) is 0 Å². The number of thiocarbonyl (C=S) groups is 1. The maximum absolute atomic E-state index is 5.23. The molecule has 4 aromatic rings. The van der Waals surface area contributed by atoms with Gasteiger partial charge in [-0.15, -0.1) is 6.58 Å². The number of hydrogen-bond acceptors (Lipinski definition) is 5. The molecule has 3 aromatic heterocycles. The van der Waals surface area contributed by atoms with Gasteiger partial charge in [-0.1, -0.05) is 35.9 Å². The molecule has 3 heterocycles. The van der Waals surface area contributed by atoms with Crippen LogP contribution in [0, 0.1) is 6.92 Å². The molecule has 2 N–H and O–H groups in total. The van der Waals surface area contributed by atoms with Gasteiger partial charge in [-0.05, 0) is 36.8 Å². The molecule has 8 heteroatoms. The van der Waals surface area contributed by atoms with E-state index in [1.807, 2.05) is 23.0 Å². The van der Waals surface area contributed by atoms with Crippen molar-refractivity contribution < 1.29 is 0 Å². The predicted octanol–water partition coefficient (Wildman–Crippen LogP) is 3.72. The smallest absolute Gasteiger partial charge is 0.180 e. The summed E-state index contributed by atoms with van der Waals surface area (Å²) in [6.45, 7) is 7.01. The van der Waals surface area contributed by atoms with Gasteiger partial charge >= 0.3 is 0 Å². The van der Waals surface area contributed by atoms with E-state index < -0.39 is 0 Å². The maximum atomic E-state index is 5.23. The highest BCUT2D eigenvalue weighted by atomic mass is 32.1. The Balaban J connectivity index is 1.54. The standard InChI is InChI=1S/C22H21N7S/c1-3-10-23-22(30)28-20-9-8-18-21(27-20)26-19(12-24-18)17-11-25-29(14-17)13-16-6-4-15(2)5-7-16/h3-9,11-12,14H,1,10,13H2,2H3,(H2,23,26,27,28,30). The second-order valence-electron chi connectivity index (χ2n) is 6.83. The van der Waals surface area contributed by atoms with Gasteiger partial charge in [0, 0.05) is 18.3 Å². The second-order valence-corrected chi connectivity index (χ2v) is 7.24. The molecule has 0 amide bonds. The average molecular weight is 416 g/mol. The molecule has 0 spiro atoms. The van der Waals surface area contributed by atoms with Crippen LogP contribution in [0.15, 0.2) is 67.6 Å². The fraction of sp³-hybridized carbons (Fsp3) is 0.136. The Labute approximate surface area is 179 Å². The van der Waals surface area contributed by atoms with Gasteiger partial charge in [0.05, 0.1) is 24.6 Å². The third-order valence-electron chi connectivity index (χ3n) is 4.45. The van der Waals surface area contributed by atoms with Gasteiger partial charge in [0.2, 0.25) is 0 Å². The molecule has 0 radical (unpaired) electrons. The van der Waals surface area contributed by atoms with E-state index in [9.17, 15) is 0 Å². The van der Waals surface area contributed by atoms with Gasteiger partial charge in [-0.25, -0.2) is 9.97 Å². The third-order valence-corrected chi connectivity index (χ3v) is 4.70. The summed E-state index contributed by atoms with van der Waals surface area (Å²) in [4.78, 5) is 13.7. The summed E-state index contributed by atoms with van der Waals surface area (Å²) in [5.41, 5.74) is 5.29. The molecule has 0 aliphatic rings. The minimum absolute atomic E-state index is 0.475. The molecule has 1 aromatic carbocycles. The zero-order chi connectivity index (χ0) is 20.9. The number of fused-ring (bicyclic) bond motifs is 1. The van der Waals surface area contributed by atoms with E-state index in [4.69, 9.17) is 12.2 Å². The lowest BCUT2D eigenvalue weighted by Crippen LogP contribution is -2.28. The maximum Gasteiger partial charge on any atom is 0.180 e. The van der Waals surface area contributed by atoms with Crippen LogP contribution in [0.1, 0.15) is 11.1 Å². The van der Waals surface area contributed by atoms with Gasteiger partial charge in [-0.2, -0.15) is 5.10 Å². The van der Waals surface area contributed by atoms with Crippen molar-refractivity contribution in [1.29, 1.82) is 0 Å². The van der Waals surface area contributed by atoms with Crippen LogP contribution >= 0.6 is 12.2 Å². The highest BCUT2D eigenvalue weighted by Crippen LogP contribution is 2.19. The number of hydrogen-bond donors (Lipinski definition) is 2. The Kier molecular flexibility index (Phi) is 5.76. The van der Waals surface area contributed by atoms with Crippen LogP contribution in [0.3, 0.4) is 0 Å². The molecule has 0 unspecified atom stereocenters. The first-order valence-corrected chi connectivity index (χ1v) is 9.89. The van der Waals surface area contributed by atoms with E-state index in [2.05, 4.69) is 68.5 Å². The van der Waals surface area contributed by atoms with E-state index in [1.165, 1.54) is 11.1 Å². The molecule has 0 bridgehead atoms. The summed E-state index contributed by atoms with van der Waals surface area (Å²) in [5, 5.41) is 11.0. The highest BCUT2D eigenvalue weighted by Gasteiger charge is 2.08. The van der Waals surface area contributed by atoms with Crippen LogP contribution < -0.4 is 10.6 Å². The lowest BCUT2D eigenvalue weighted by molar-refractivity contribution is 0.687. The summed E-state index contributed by atoms with van der Waals surface area (Å²) in [6, 6.07) is 12.1. The Morgan fingerprint density at radius 1 is 1.13 bits per heavy atom. The predicted molar refractivity (Wildman–Crippen MR) is 123 cm³/mol. The Morgan fingerprint density at radius 3 is 2.77 bits per heavy atom. The summed E-state index contributed by atoms with van der Waals surface area (Å²) < 4.78 is 1.89. The molecule has 0 saturated heterocycles. The fourth-order valence-corrected chi connectivity index (χ4v) is 3.08. The van der Waals surface area contributed by atoms with E-state index in [-0.39, 0.29) is 0 Å². The molecule has 150 valence electrons. The molecule has 30 heavy (non-hydrogen) atoms. The average Bonchev–Trinajstić information content (AvgIpc) is 3.22. The first kappa shape index (κ1) is 19.7. The third kappa shape index (κ3) is 4.66. The van der Waals surface area contributed by atoms with Crippen molar-refractivity contribution in [2.45, 2.75) is 13.5 Å². The summed E-state index contributed by atoms with van der Waals surface area (Å²) in [7, 11) is 0. The zero-order valence-electron chi connectivity index (χ0n) is 16.5. The number of anilines is 1. The van der Waals surface area contributed by atoms with Crippen molar-refractivity contribution in [3.05, 3.63) is 78.8 Å². The molecular formula is C22H21N7S. The normalized spacial score (nSPS) is 10.7. The van der Waals surface area contributed by atoms with E-state index >= 15 is 0 Å². The van der Waals surface area contributed by atoms with E-state index in [0.29, 0.717) is 35.2 Å². The number of rotatable bonds is 6. The highest BCUT2D eigenvalue weighted by molar-refractivity contribution is 7.80. The first-order chi connectivity index (χ1) is 14.6. The van der Waals surface area contributed by atoms with Crippen molar-refractivity contribution in [2.75, 3.05) is 11.9 Å². The number of nitrogens with one attached hydrogen (secondary N) is 2. The van der Waals surface area contributed by atoms with Crippen LogP contribution in [0.25, 0.3) is 22.4 Å². The van der Waals surface area contributed by atoms with Gasteiger partial charge < -0.3 is 10.6 Å². The van der Waals surface area contributed by atoms with Crippen molar-refractivity contribution in [3.8, 4) is 11.3 Å². The number of nitrogens with zero attached hydrogens (tertiary/aromatic N) is 5. The molecule has 0 fully saturated rings. The minimum Gasteiger partial charge on any atom is -0.359 e. The SMILES string of the molecule is C=CCNC(=S)Nc1ccc2ncc(-c3cnn(Cc4ccc(C)cc4)c3)nc2n1. The zero-order valence-corrected chi connectivity index (χ0v) is 17.4. The first-order valence-electron chi connectivity index (χ1n) is 9.48. The van der Waals surface area contributed by atoms with Crippen molar-refractivity contribution in [3.63, 3.8) is 0 Å². The lowest BCUT2D eigenvalue weighted by Gasteiger charge is -2.08. The molecule has 0 atom stereocenters. The van der Waals surface area contributed by atoms with Crippen LogP contribution in [-0.2, 0) is 6.54 Å². The molecular weight excluding hydrogens is 394 g/mol. The Bertz CT molecular complexity index is 1200. The summed E-state index contributed by atoms with van der Waals surface area (Å²) >= 11 is 5.23. The number of pyridine rings is 1. The van der Waals surface area contributed by atoms with Crippen LogP contribution in [0.4, 0.5) is 5.82 Å². The number of aromatic nitrogens is 5. The monoisotopic (exact) mass is 415 g/mol. The van der Waals surface area contributed by atoms with Crippen LogP contribution in [0.5, 0.6) is 0 Å². The van der Waals surface area contributed by atoms with E-state index in [0.717, 1.165) is 11.3 Å². The Hall–Kier alpha value is -3.65. The van der Waals surface area contributed by atoms with Gasteiger partial charge in [-0.3, -0.25) is 9.67 Å².